The summed E-state index contributed by atoms with van der Waals surface area (Å²) in [7, 11) is 1.56. The van der Waals surface area contributed by atoms with Gasteiger partial charge in [-0.05, 0) is 31.0 Å². The topological polar surface area (TPSA) is 29.5 Å². The lowest BCUT2D eigenvalue weighted by molar-refractivity contribution is 0.0699. The van der Waals surface area contributed by atoms with Crippen molar-refractivity contribution in [2.24, 2.45) is 0 Å². The third-order valence-electron chi connectivity index (χ3n) is 3.71. The molecule has 1 aliphatic rings. The minimum Gasteiger partial charge on any atom is -0.496 e. The Morgan fingerprint density at radius 2 is 2.25 bits per heavy atom. The molecule has 1 fully saturated rings. The Hall–Kier alpha value is -0.740. The fourth-order valence-electron chi connectivity index (χ4n) is 2.60. The molecule has 2 rings (SSSR count). The van der Waals surface area contributed by atoms with Crippen molar-refractivity contribution in [2.75, 3.05) is 19.0 Å². The zero-order chi connectivity index (χ0) is 14.5. The van der Waals surface area contributed by atoms with Gasteiger partial charge in [0.2, 0.25) is 0 Å². The quantitative estimate of drug-likeness (QED) is 0.759. The lowest BCUT2D eigenvalue weighted by Crippen LogP contribution is -2.41. The van der Waals surface area contributed by atoms with Crippen LogP contribution in [0.1, 0.15) is 36.0 Å². The number of carbonyl (C=O) groups excluding carboxylic acids is 1. The van der Waals surface area contributed by atoms with Crippen LogP contribution in [0.2, 0.25) is 5.02 Å². The molecule has 1 aromatic carbocycles. The lowest BCUT2D eigenvalue weighted by atomic mass is 10.1. The molecule has 1 unspecified atom stereocenters. The van der Waals surface area contributed by atoms with Crippen molar-refractivity contribution in [1.82, 2.24) is 4.90 Å². The van der Waals surface area contributed by atoms with Gasteiger partial charge in [0.1, 0.15) is 5.75 Å². The highest BCUT2D eigenvalue weighted by Crippen LogP contribution is 2.27. The van der Waals surface area contributed by atoms with Crippen LogP contribution in [0, 0.1) is 0 Å². The van der Waals surface area contributed by atoms with E-state index < -0.39 is 0 Å². The second-order valence-electron chi connectivity index (χ2n) is 5.00. The van der Waals surface area contributed by atoms with Gasteiger partial charge in [0.15, 0.2) is 0 Å². The average molecular weight is 361 g/mol. The molecule has 0 N–H and O–H groups in total. The van der Waals surface area contributed by atoms with Crippen LogP contribution in [-0.2, 0) is 0 Å². The zero-order valence-electron chi connectivity index (χ0n) is 11.6. The molecule has 1 aromatic rings. The van der Waals surface area contributed by atoms with E-state index in [1.54, 1.807) is 25.3 Å². The molecule has 1 aliphatic heterocycles. The molecule has 0 bridgehead atoms. The SMILES string of the molecule is COc1cc(Cl)ccc1C(=O)N1CCCCCC1CBr. The summed E-state index contributed by atoms with van der Waals surface area (Å²) >= 11 is 9.48. The van der Waals surface area contributed by atoms with Crippen molar-refractivity contribution >= 4 is 33.4 Å². The van der Waals surface area contributed by atoms with E-state index in [0.717, 1.165) is 24.7 Å². The van der Waals surface area contributed by atoms with Crippen LogP contribution in [-0.4, -0.2) is 35.8 Å². The van der Waals surface area contributed by atoms with Gasteiger partial charge in [-0.15, -0.1) is 0 Å². The number of amides is 1. The molecule has 0 spiro atoms. The number of methoxy groups -OCH3 is 1. The third kappa shape index (κ3) is 3.47. The second-order valence-corrected chi connectivity index (χ2v) is 6.08. The third-order valence-corrected chi connectivity index (χ3v) is 4.69. The maximum atomic E-state index is 12.8. The summed E-state index contributed by atoms with van der Waals surface area (Å²) in [4.78, 5) is 14.8. The maximum Gasteiger partial charge on any atom is 0.257 e. The van der Waals surface area contributed by atoms with Gasteiger partial charge in [-0.3, -0.25) is 4.79 Å². The first-order valence-electron chi connectivity index (χ1n) is 6.88. The van der Waals surface area contributed by atoms with Crippen LogP contribution in [0.3, 0.4) is 0 Å². The molecule has 1 saturated heterocycles. The van der Waals surface area contributed by atoms with Gasteiger partial charge in [-0.2, -0.15) is 0 Å². The Balaban J connectivity index is 2.28. The molecule has 110 valence electrons. The van der Waals surface area contributed by atoms with E-state index in [9.17, 15) is 4.79 Å². The summed E-state index contributed by atoms with van der Waals surface area (Å²) in [5.41, 5.74) is 0.588. The molecule has 0 aromatic heterocycles. The molecule has 1 heterocycles. The van der Waals surface area contributed by atoms with Crippen molar-refractivity contribution in [3.63, 3.8) is 0 Å². The van der Waals surface area contributed by atoms with E-state index >= 15 is 0 Å². The van der Waals surface area contributed by atoms with Gasteiger partial charge in [0.05, 0.1) is 12.7 Å². The van der Waals surface area contributed by atoms with Gasteiger partial charge in [0.25, 0.3) is 5.91 Å². The smallest absolute Gasteiger partial charge is 0.257 e. The van der Waals surface area contributed by atoms with Crippen LogP contribution in [0.5, 0.6) is 5.75 Å². The van der Waals surface area contributed by atoms with E-state index in [0.29, 0.717) is 16.3 Å². The predicted octanol–water partition coefficient (Wildman–Crippen LogP) is 4.13. The fraction of sp³-hybridized carbons (Fsp3) is 0.533. The van der Waals surface area contributed by atoms with E-state index in [2.05, 4.69) is 15.9 Å². The Labute approximate surface area is 133 Å². The van der Waals surface area contributed by atoms with Crippen molar-refractivity contribution in [2.45, 2.75) is 31.7 Å². The zero-order valence-corrected chi connectivity index (χ0v) is 13.9. The summed E-state index contributed by atoms with van der Waals surface area (Å²) in [5.74, 6) is 0.574. The molecule has 1 atom stereocenters. The lowest BCUT2D eigenvalue weighted by Gasteiger charge is -2.29. The normalized spacial score (nSPS) is 19.6. The molecule has 0 aliphatic carbocycles. The van der Waals surface area contributed by atoms with Crippen molar-refractivity contribution in [3.05, 3.63) is 28.8 Å². The number of hydrogen-bond donors (Lipinski definition) is 0. The van der Waals surface area contributed by atoms with Gasteiger partial charge < -0.3 is 9.64 Å². The van der Waals surface area contributed by atoms with Crippen molar-refractivity contribution in [3.8, 4) is 5.75 Å². The molecular formula is C15H19BrClNO2. The van der Waals surface area contributed by atoms with Gasteiger partial charge in [-0.25, -0.2) is 0 Å². The van der Waals surface area contributed by atoms with Gasteiger partial charge in [-0.1, -0.05) is 40.4 Å². The Morgan fingerprint density at radius 3 is 2.95 bits per heavy atom. The van der Waals surface area contributed by atoms with Gasteiger partial charge in [0, 0.05) is 22.9 Å². The maximum absolute atomic E-state index is 12.8. The number of rotatable bonds is 3. The highest BCUT2D eigenvalue weighted by molar-refractivity contribution is 9.09. The summed E-state index contributed by atoms with van der Waals surface area (Å²) in [6.07, 6.45) is 4.47. The van der Waals surface area contributed by atoms with Crippen molar-refractivity contribution in [1.29, 1.82) is 0 Å². The van der Waals surface area contributed by atoms with Crippen LogP contribution in [0.15, 0.2) is 18.2 Å². The molecular weight excluding hydrogens is 342 g/mol. The first-order valence-corrected chi connectivity index (χ1v) is 8.37. The Morgan fingerprint density at radius 1 is 1.45 bits per heavy atom. The van der Waals surface area contributed by atoms with Crippen LogP contribution in [0.25, 0.3) is 0 Å². The molecule has 0 saturated carbocycles. The van der Waals surface area contributed by atoms with Crippen LogP contribution in [0.4, 0.5) is 0 Å². The molecule has 0 radical (unpaired) electrons. The Kier molecular flexibility index (Phi) is 5.73. The summed E-state index contributed by atoms with van der Waals surface area (Å²) in [6.45, 7) is 0.806. The summed E-state index contributed by atoms with van der Waals surface area (Å²) in [6, 6.07) is 5.43. The number of benzene rings is 1. The first-order chi connectivity index (χ1) is 9.67. The van der Waals surface area contributed by atoms with Crippen LogP contribution < -0.4 is 4.74 Å². The van der Waals surface area contributed by atoms with E-state index in [4.69, 9.17) is 16.3 Å². The highest BCUT2D eigenvalue weighted by Gasteiger charge is 2.27. The van der Waals surface area contributed by atoms with E-state index in [-0.39, 0.29) is 11.9 Å². The van der Waals surface area contributed by atoms with Crippen molar-refractivity contribution < 1.29 is 9.53 Å². The molecule has 3 nitrogen and oxygen atoms in total. The van der Waals surface area contributed by atoms with Gasteiger partial charge >= 0.3 is 0 Å². The monoisotopic (exact) mass is 359 g/mol. The molecule has 1 amide bonds. The number of nitrogens with zero attached hydrogens (tertiary/aromatic N) is 1. The first kappa shape index (κ1) is 15.6. The number of carbonyl (C=O) groups is 1. The minimum atomic E-state index is 0.0323. The summed E-state index contributed by atoms with van der Waals surface area (Å²) < 4.78 is 5.29. The number of likely N-dealkylation sites (tertiary alicyclic amines) is 1. The molecule has 20 heavy (non-hydrogen) atoms. The number of alkyl halides is 1. The second kappa shape index (κ2) is 7.32. The summed E-state index contributed by atoms with van der Waals surface area (Å²) in [5, 5.41) is 1.39. The predicted molar refractivity (Wildman–Crippen MR) is 85.1 cm³/mol. The number of hydrogen-bond acceptors (Lipinski definition) is 2. The molecule has 5 heteroatoms. The number of ether oxygens (including phenoxy) is 1. The highest BCUT2D eigenvalue weighted by atomic mass is 79.9. The van der Waals surface area contributed by atoms with Crippen LogP contribution >= 0.6 is 27.5 Å². The average Bonchev–Trinajstić information content (AvgIpc) is 2.71. The van der Waals surface area contributed by atoms with E-state index in [1.807, 2.05) is 4.90 Å². The Bertz CT molecular complexity index is 481. The minimum absolute atomic E-state index is 0.0323. The fourth-order valence-corrected chi connectivity index (χ4v) is 3.44. The largest absolute Gasteiger partial charge is 0.496 e. The number of halogens is 2. The van der Waals surface area contributed by atoms with E-state index in [1.165, 1.54) is 12.8 Å². The standard InChI is InChI=1S/C15H19BrClNO2/c1-20-14-9-11(17)6-7-13(14)15(19)18-8-4-2-3-5-12(18)10-16/h6-7,9,12H,2-5,8,10H2,1H3.